The minimum atomic E-state index is -0.312. The molecule has 3 aliphatic rings. The molecule has 4 heterocycles. The van der Waals surface area contributed by atoms with E-state index in [1.165, 1.54) is 0 Å². The second-order valence-electron chi connectivity index (χ2n) is 10.4. The molecule has 0 radical (unpaired) electrons. The van der Waals surface area contributed by atoms with Gasteiger partial charge in [-0.3, -0.25) is 9.59 Å². The topological polar surface area (TPSA) is 64.0 Å². The second kappa shape index (κ2) is 9.41. The fraction of sp³-hybridized carbons (Fsp3) is 0.429. The molecule has 2 aliphatic heterocycles. The first-order valence-corrected chi connectivity index (χ1v) is 13.2. The van der Waals surface area contributed by atoms with Crippen LogP contribution in [0.15, 0.2) is 52.6 Å². The Bertz CT molecular complexity index is 1270. The molecule has 0 N–H and O–H groups in total. The van der Waals surface area contributed by atoms with E-state index in [2.05, 4.69) is 11.4 Å². The van der Waals surface area contributed by atoms with Gasteiger partial charge in [-0.15, -0.1) is 11.3 Å². The molecule has 36 heavy (non-hydrogen) atoms. The highest BCUT2D eigenvalue weighted by Crippen LogP contribution is 2.47. The predicted octanol–water partition coefficient (Wildman–Crippen LogP) is 4.74. The number of carbonyl (C=O) groups is 2. The van der Waals surface area contributed by atoms with E-state index in [1.807, 2.05) is 67.8 Å². The van der Waals surface area contributed by atoms with Gasteiger partial charge in [-0.05, 0) is 62.4 Å². The molecule has 0 aromatic carbocycles. The van der Waals surface area contributed by atoms with Crippen molar-refractivity contribution >= 4 is 29.4 Å². The zero-order chi connectivity index (χ0) is 25.6. The fourth-order valence-corrected chi connectivity index (χ4v) is 5.75. The molecular weight excluding hydrogens is 474 g/mol. The Balaban J connectivity index is 1.60. The normalized spacial score (nSPS) is 19.5. The quantitative estimate of drug-likeness (QED) is 0.600. The van der Waals surface area contributed by atoms with Crippen LogP contribution < -0.4 is 0 Å². The van der Waals surface area contributed by atoms with Gasteiger partial charge in [0.05, 0.1) is 25.9 Å². The summed E-state index contributed by atoms with van der Waals surface area (Å²) >= 11 is 1.65. The van der Waals surface area contributed by atoms with Gasteiger partial charge in [0.2, 0.25) is 0 Å². The van der Waals surface area contributed by atoms with Gasteiger partial charge in [0.1, 0.15) is 11.5 Å². The summed E-state index contributed by atoms with van der Waals surface area (Å²) in [5.41, 5.74) is 4.15. The van der Waals surface area contributed by atoms with Crippen molar-refractivity contribution in [2.24, 2.45) is 0 Å². The van der Waals surface area contributed by atoms with Gasteiger partial charge >= 0.3 is 0 Å². The number of fused-ring (bicyclic) bond motifs is 3. The average Bonchev–Trinajstić information content (AvgIpc) is 3.54. The first-order valence-electron chi connectivity index (χ1n) is 12.3. The van der Waals surface area contributed by atoms with Crippen LogP contribution >= 0.6 is 11.3 Å². The molecule has 8 heteroatoms. The van der Waals surface area contributed by atoms with Crippen LogP contribution in [0.3, 0.4) is 0 Å². The van der Waals surface area contributed by atoms with Gasteiger partial charge < -0.3 is 23.8 Å². The second-order valence-corrected chi connectivity index (χ2v) is 11.3. The van der Waals surface area contributed by atoms with Gasteiger partial charge in [-0.1, -0.05) is 6.07 Å². The maximum Gasteiger partial charge on any atom is 0.271 e. The standard InChI is InChI=1S/C28H33N3O4S/c1-28(2,3)29(4)27(33)22-17-21(24-7-6-14-36-24)25-19-16-20(26(32)30-10-12-35-13-11-30)23(34-5)15-18(19)8-9-31(22)25/h6-9,14-15,17,19H,10-13,16H2,1-5H3. The number of hydrogen-bond acceptors (Lipinski definition) is 5. The summed E-state index contributed by atoms with van der Waals surface area (Å²) in [5.74, 6) is 0.521. The lowest BCUT2D eigenvalue weighted by atomic mass is 9.80. The summed E-state index contributed by atoms with van der Waals surface area (Å²) in [6.45, 7) is 8.35. The monoisotopic (exact) mass is 507 g/mol. The molecule has 2 aromatic rings. The van der Waals surface area contributed by atoms with Crippen molar-refractivity contribution in [3.05, 3.63) is 64.0 Å². The molecule has 190 valence electrons. The lowest BCUT2D eigenvalue weighted by Gasteiger charge is -2.34. The van der Waals surface area contributed by atoms with Gasteiger partial charge in [-0.25, -0.2) is 0 Å². The van der Waals surface area contributed by atoms with Gasteiger partial charge in [-0.2, -0.15) is 0 Å². The van der Waals surface area contributed by atoms with Crippen molar-refractivity contribution < 1.29 is 19.1 Å². The first-order chi connectivity index (χ1) is 17.2. The maximum absolute atomic E-state index is 13.6. The van der Waals surface area contributed by atoms with Crippen molar-refractivity contribution in [1.82, 2.24) is 14.4 Å². The van der Waals surface area contributed by atoms with Crippen molar-refractivity contribution in [3.63, 3.8) is 0 Å². The van der Waals surface area contributed by atoms with Crippen molar-refractivity contribution in [3.8, 4) is 10.4 Å². The Labute approximate surface area is 216 Å². The molecule has 1 aliphatic carbocycles. The van der Waals surface area contributed by atoms with Crippen LogP contribution in [0.1, 0.15) is 49.3 Å². The number of morpholine rings is 1. The van der Waals surface area contributed by atoms with E-state index >= 15 is 0 Å². The number of hydrogen-bond donors (Lipinski definition) is 0. The van der Waals surface area contributed by atoms with E-state index in [4.69, 9.17) is 9.47 Å². The van der Waals surface area contributed by atoms with Gasteiger partial charge in [0, 0.05) is 53.9 Å². The van der Waals surface area contributed by atoms with E-state index in [9.17, 15) is 9.59 Å². The Morgan fingerprint density at radius 1 is 1.22 bits per heavy atom. The van der Waals surface area contributed by atoms with Crippen molar-refractivity contribution in [1.29, 1.82) is 0 Å². The Morgan fingerprint density at radius 3 is 2.61 bits per heavy atom. The van der Waals surface area contributed by atoms with Crippen LogP contribution in [0, 0.1) is 0 Å². The minimum absolute atomic E-state index is 0.000418. The third kappa shape index (κ3) is 4.22. The van der Waals surface area contributed by atoms with E-state index < -0.39 is 0 Å². The van der Waals surface area contributed by atoms with E-state index in [0.29, 0.717) is 49.8 Å². The Hall–Kier alpha value is -3.10. The molecule has 1 unspecified atom stereocenters. The van der Waals surface area contributed by atoms with Gasteiger partial charge in [0.25, 0.3) is 11.8 Å². The number of methoxy groups -OCH3 is 1. The molecule has 2 aromatic heterocycles. The summed E-state index contributed by atoms with van der Waals surface area (Å²) in [6, 6.07) is 6.13. The molecule has 2 amide bonds. The number of allylic oxidation sites excluding steroid dienone is 3. The van der Waals surface area contributed by atoms with E-state index in [-0.39, 0.29) is 23.3 Å². The molecule has 1 saturated heterocycles. The summed E-state index contributed by atoms with van der Waals surface area (Å²) < 4.78 is 13.2. The van der Waals surface area contributed by atoms with Crippen LogP contribution in [-0.4, -0.2) is 72.2 Å². The zero-order valence-corrected chi connectivity index (χ0v) is 22.4. The number of ether oxygens (including phenoxy) is 2. The number of thiophene rings is 1. The van der Waals surface area contributed by atoms with Gasteiger partial charge in [0.15, 0.2) is 0 Å². The molecule has 0 bridgehead atoms. The average molecular weight is 508 g/mol. The highest BCUT2D eigenvalue weighted by atomic mass is 32.1. The maximum atomic E-state index is 13.6. The fourth-order valence-electron chi connectivity index (χ4n) is 5.00. The Kier molecular flexibility index (Phi) is 6.43. The van der Waals surface area contributed by atoms with Crippen LogP contribution in [0.4, 0.5) is 0 Å². The summed E-state index contributed by atoms with van der Waals surface area (Å²) in [6.07, 6.45) is 6.51. The smallest absolute Gasteiger partial charge is 0.271 e. The Morgan fingerprint density at radius 2 is 1.97 bits per heavy atom. The van der Waals surface area contributed by atoms with Crippen molar-refractivity contribution in [2.45, 2.75) is 38.6 Å². The SMILES string of the molecule is COC1=C(C(=O)N2CCOCC2)CC2C(=C1)C=Cn1c(C(=O)N(C)C(C)(C)C)cc(-c3cccs3)c12. The summed E-state index contributed by atoms with van der Waals surface area (Å²) in [4.78, 5) is 31.9. The first kappa shape index (κ1) is 24.6. The zero-order valence-electron chi connectivity index (χ0n) is 21.5. The molecule has 0 saturated carbocycles. The minimum Gasteiger partial charge on any atom is -0.496 e. The molecule has 1 atom stereocenters. The lowest BCUT2D eigenvalue weighted by molar-refractivity contribution is -0.131. The molecule has 1 fully saturated rings. The summed E-state index contributed by atoms with van der Waals surface area (Å²) in [5, 5.41) is 2.05. The molecule has 0 spiro atoms. The van der Waals surface area contributed by atoms with Crippen LogP contribution in [0.2, 0.25) is 0 Å². The van der Waals surface area contributed by atoms with Crippen LogP contribution in [0.5, 0.6) is 0 Å². The third-order valence-corrected chi connectivity index (χ3v) is 8.22. The number of rotatable bonds is 4. The molecule has 5 rings (SSSR count). The lowest BCUT2D eigenvalue weighted by Crippen LogP contribution is -2.43. The van der Waals surface area contributed by atoms with E-state index in [0.717, 1.165) is 21.7 Å². The highest BCUT2D eigenvalue weighted by Gasteiger charge is 2.37. The molecule has 7 nitrogen and oxygen atoms in total. The third-order valence-electron chi connectivity index (χ3n) is 7.32. The largest absolute Gasteiger partial charge is 0.496 e. The number of amides is 2. The number of nitrogens with zero attached hydrogens (tertiary/aromatic N) is 3. The van der Waals surface area contributed by atoms with E-state index in [1.54, 1.807) is 23.3 Å². The number of carbonyl (C=O) groups excluding carboxylic acids is 2. The predicted molar refractivity (Wildman–Crippen MR) is 142 cm³/mol. The van der Waals surface area contributed by atoms with Crippen molar-refractivity contribution in [2.75, 3.05) is 40.5 Å². The molecular formula is C28H33N3O4S. The number of aromatic nitrogens is 1. The highest BCUT2D eigenvalue weighted by molar-refractivity contribution is 7.13. The van der Waals surface area contributed by atoms with Crippen LogP contribution in [0.25, 0.3) is 16.6 Å². The van der Waals surface area contributed by atoms with Crippen LogP contribution in [-0.2, 0) is 14.3 Å². The summed E-state index contributed by atoms with van der Waals surface area (Å²) in [7, 11) is 3.46.